The van der Waals surface area contributed by atoms with E-state index in [-0.39, 0.29) is 17.6 Å². The van der Waals surface area contributed by atoms with Crippen LogP contribution in [0.4, 0.5) is 10.1 Å². The van der Waals surface area contributed by atoms with Gasteiger partial charge >= 0.3 is 0 Å². The van der Waals surface area contributed by atoms with E-state index in [4.69, 9.17) is 4.74 Å². The highest BCUT2D eigenvalue weighted by molar-refractivity contribution is 5.93. The monoisotopic (exact) mass is 265 g/mol. The molecule has 0 spiro atoms. The van der Waals surface area contributed by atoms with Crippen LogP contribution < -0.4 is 5.32 Å². The minimum absolute atomic E-state index is 0.0978. The molecule has 1 aromatic rings. The normalized spacial score (nSPS) is 23.9. The first-order valence-corrected chi connectivity index (χ1v) is 6.57. The molecule has 4 nitrogen and oxygen atoms in total. The number of halogens is 1. The van der Waals surface area contributed by atoms with E-state index in [1.807, 2.05) is 0 Å². The molecule has 1 saturated heterocycles. The average molecular weight is 265 g/mol. The Balaban J connectivity index is 1.91. The first-order chi connectivity index (χ1) is 9.15. The summed E-state index contributed by atoms with van der Waals surface area (Å²) < 4.78 is 19.4. The highest BCUT2D eigenvalue weighted by Gasteiger charge is 2.29. The van der Waals surface area contributed by atoms with Crippen LogP contribution in [0.1, 0.15) is 36.5 Å². The van der Waals surface area contributed by atoms with Crippen LogP contribution in [-0.2, 0) is 16.0 Å². The van der Waals surface area contributed by atoms with Gasteiger partial charge in [0.2, 0.25) is 5.91 Å². The van der Waals surface area contributed by atoms with Gasteiger partial charge in [-0.3, -0.25) is 4.79 Å². The number of carbonyl (C=O) groups excluding carboxylic acids is 1. The van der Waals surface area contributed by atoms with Crippen LogP contribution in [0, 0.1) is 5.82 Å². The summed E-state index contributed by atoms with van der Waals surface area (Å²) in [4.78, 5) is 11.3. The summed E-state index contributed by atoms with van der Waals surface area (Å²) >= 11 is 0. The topological polar surface area (TPSA) is 58.6 Å². The van der Waals surface area contributed by atoms with Crippen molar-refractivity contribution in [2.75, 3.05) is 11.9 Å². The molecule has 102 valence electrons. The molecule has 2 N–H and O–H groups in total. The molecular formula is C14H16FNO3. The third kappa shape index (κ3) is 2.35. The van der Waals surface area contributed by atoms with Crippen LogP contribution in [0.25, 0.3) is 0 Å². The van der Waals surface area contributed by atoms with E-state index in [0.717, 1.165) is 18.4 Å². The zero-order valence-corrected chi connectivity index (χ0v) is 10.5. The molecule has 0 bridgehead atoms. The molecule has 2 aliphatic heterocycles. The number of benzene rings is 1. The largest absolute Gasteiger partial charge is 0.386 e. The number of aryl methyl sites for hydroxylation is 1. The van der Waals surface area contributed by atoms with E-state index in [9.17, 15) is 14.3 Å². The fraction of sp³-hybridized carbons (Fsp3) is 0.500. The number of hydrogen-bond acceptors (Lipinski definition) is 3. The second-order valence-electron chi connectivity index (χ2n) is 5.08. The van der Waals surface area contributed by atoms with E-state index in [0.29, 0.717) is 25.1 Å². The lowest BCUT2D eigenvalue weighted by molar-refractivity contribution is -0.116. The first-order valence-electron chi connectivity index (χ1n) is 6.57. The number of fused-ring (bicyclic) bond motifs is 1. The Morgan fingerprint density at radius 2 is 2.26 bits per heavy atom. The smallest absolute Gasteiger partial charge is 0.224 e. The number of nitrogens with one attached hydrogen (secondary N) is 1. The van der Waals surface area contributed by atoms with Crippen LogP contribution in [0.2, 0.25) is 0 Å². The Labute approximate surface area is 110 Å². The third-order valence-corrected chi connectivity index (χ3v) is 3.75. The van der Waals surface area contributed by atoms with Crippen molar-refractivity contribution in [2.24, 2.45) is 0 Å². The number of ether oxygens (including phenoxy) is 1. The van der Waals surface area contributed by atoms with E-state index in [1.54, 1.807) is 6.07 Å². The van der Waals surface area contributed by atoms with Crippen molar-refractivity contribution < 1.29 is 19.0 Å². The number of amides is 1. The molecular weight excluding hydrogens is 249 g/mol. The lowest BCUT2D eigenvalue weighted by Crippen LogP contribution is -2.22. The molecule has 2 atom stereocenters. The molecule has 0 radical (unpaired) electrons. The molecule has 5 heteroatoms. The van der Waals surface area contributed by atoms with Gasteiger partial charge in [0.25, 0.3) is 0 Å². The first kappa shape index (κ1) is 12.6. The van der Waals surface area contributed by atoms with Gasteiger partial charge in [0.05, 0.1) is 6.10 Å². The Bertz CT molecular complexity index is 512. The fourth-order valence-electron chi connectivity index (χ4n) is 2.70. The van der Waals surface area contributed by atoms with Gasteiger partial charge in [-0.1, -0.05) is 0 Å². The van der Waals surface area contributed by atoms with Gasteiger partial charge in [0.1, 0.15) is 11.9 Å². The third-order valence-electron chi connectivity index (χ3n) is 3.75. The molecule has 2 unspecified atom stereocenters. The molecule has 3 rings (SSSR count). The van der Waals surface area contributed by atoms with Gasteiger partial charge in [-0.25, -0.2) is 4.39 Å². The molecule has 0 aliphatic carbocycles. The van der Waals surface area contributed by atoms with Crippen LogP contribution >= 0.6 is 0 Å². The summed E-state index contributed by atoms with van der Waals surface area (Å²) in [7, 11) is 0. The summed E-state index contributed by atoms with van der Waals surface area (Å²) in [5.41, 5.74) is 1.65. The van der Waals surface area contributed by atoms with Crippen molar-refractivity contribution in [2.45, 2.75) is 37.9 Å². The Kier molecular flexibility index (Phi) is 3.24. The molecule has 1 fully saturated rings. The number of rotatable bonds is 2. The van der Waals surface area contributed by atoms with Crippen molar-refractivity contribution >= 4 is 11.6 Å². The minimum Gasteiger partial charge on any atom is -0.386 e. The molecule has 0 aromatic heterocycles. The van der Waals surface area contributed by atoms with Crippen LogP contribution in [0.15, 0.2) is 12.1 Å². The Morgan fingerprint density at radius 3 is 3.00 bits per heavy atom. The van der Waals surface area contributed by atoms with E-state index >= 15 is 0 Å². The van der Waals surface area contributed by atoms with E-state index in [2.05, 4.69) is 5.32 Å². The van der Waals surface area contributed by atoms with Gasteiger partial charge < -0.3 is 15.2 Å². The van der Waals surface area contributed by atoms with E-state index in [1.165, 1.54) is 6.07 Å². The van der Waals surface area contributed by atoms with Crippen LogP contribution in [0.5, 0.6) is 0 Å². The van der Waals surface area contributed by atoms with Crippen molar-refractivity contribution in [3.8, 4) is 0 Å². The minimum atomic E-state index is -0.939. The summed E-state index contributed by atoms with van der Waals surface area (Å²) in [6.07, 6.45) is 1.34. The predicted octanol–water partition coefficient (Wildman–Crippen LogP) is 1.92. The lowest BCUT2D eigenvalue weighted by Gasteiger charge is -2.22. The van der Waals surface area contributed by atoms with Crippen molar-refractivity contribution in [1.29, 1.82) is 0 Å². The van der Waals surface area contributed by atoms with Gasteiger partial charge in [-0.2, -0.15) is 0 Å². The predicted molar refractivity (Wildman–Crippen MR) is 67.3 cm³/mol. The maximum Gasteiger partial charge on any atom is 0.224 e. The quantitative estimate of drug-likeness (QED) is 0.859. The molecule has 1 aromatic carbocycles. The van der Waals surface area contributed by atoms with Crippen LogP contribution in [0.3, 0.4) is 0 Å². The maximum absolute atomic E-state index is 14.0. The summed E-state index contributed by atoms with van der Waals surface area (Å²) in [5.74, 6) is -0.594. The number of aliphatic hydroxyl groups excluding tert-OH is 1. The van der Waals surface area contributed by atoms with Gasteiger partial charge in [-0.05, 0) is 37.0 Å². The van der Waals surface area contributed by atoms with Gasteiger partial charge in [-0.15, -0.1) is 0 Å². The Hall–Kier alpha value is -1.46. The fourth-order valence-corrected chi connectivity index (χ4v) is 2.70. The van der Waals surface area contributed by atoms with Crippen LogP contribution in [-0.4, -0.2) is 23.7 Å². The molecule has 2 aliphatic rings. The summed E-state index contributed by atoms with van der Waals surface area (Å²) in [6, 6.07) is 2.94. The van der Waals surface area contributed by atoms with Crippen molar-refractivity contribution in [3.63, 3.8) is 0 Å². The highest BCUT2D eigenvalue weighted by atomic mass is 19.1. The van der Waals surface area contributed by atoms with Crippen molar-refractivity contribution in [1.82, 2.24) is 0 Å². The standard InChI is InChI=1S/C14H16FNO3/c15-10-7-11-8(3-4-13(17)16-11)6-9(10)14(18)12-2-1-5-19-12/h6-7,12,14,18H,1-5H2,(H,16,17). The second-order valence-corrected chi connectivity index (χ2v) is 5.08. The lowest BCUT2D eigenvalue weighted by atomic mass is 9.95. The molecule has 2 heterocycles. The number of hydrogen-bond donors (Lipinski definition) is 2. The summed E-state index contributed by atoms with van der Waals surface area (Å²) in [6.45, 7) is 0.615. The Morgan fingerprint density at radius 1 is 1.42 bits per heavy atom. The number of aliphatic hydroxyl groups is 1. The van der Waals surface area contributed by atoms with E-state index < -0.39 is 11.9 Å². The zero-order valence-electron chi connectivity index (χ0n) is 10.5. The van der Waals surface area contributed by atoms with Gasteiger partial charge in [0, 0.05) is 24.3 Å². The maximum atomic E-state index is 14.0. The SMILES string of the molecule is O=C1CCc2cc(C(O)C3CCCO3)c(F)cc2N1. The van der Waals surface area contributed by atoms with Gasteiger partial charge in [0.15, 0.2) is 0 Å². The molecule has 19 heavy (non-hydrogen) atoms. The van der Waals surface area contributed by atoms with Crippen molar-refractivity contribution in [3.05, 3.63) is 29.1 Å². The average Bonchev–Trinajstić information content (AvgIpc) is 2.91. The molecule has 0 saturated carbocycles. The highest BCUT2D eigenvalue weighted by Crippen LogP contribution is 2.33. The second kappa shape index (κ2) is 4.90. The summed E-state index contributed by atoms with van der Waals surface area (Å²) in [5, 5.41) is 12.8. The zero-order chi connectivity index (χ0) is 13.4. The molecule has 1 amide bonds. The number of carbonyl (C=O) groups is 1. The number of anilines is 1.